The van der Waals surface area contributed by atoms with Gasteiger partial charge in [0.15, 0.2) is 11.3 Å². The van der Waals surface area contributed by atoms with Crippen LogP contribution in [0.25, 0.3) is 5.65 Å². The zero-order chi connectivity index (χ0) is 20.1. The fraction of sp³-hybridized carbons (Fsp3) is 0.444. The summed E-state index contributed by atoms with van der Waals surface area (Å²) in [6, 6.07) is 2.33. The van der Waals surface area contributed by atoms with Crippen molar-refractivity contribution in [3.63, 3.8) is 0 Å². The summed E-state index contributed by atoms with van der Waals surface area (Å²) in [5.74, 6) is 0.817. The Labute approximate surface area is 164 Å². The molecule has 1 amide bonds. The molecule has 2 N–H and O–H groups in total. The van der Waals surface area contributed by atoms with Crippen LogP contribution in [0.5, 0.6) is 0 Å². The van der Waals surface area contributed by atoms with Crippen LogP contribution in [0.3, 0.4) is 0 Å². The summed E-state index contributed by atoms with van der Waals surface area (Å²) in [5.41, 5.74) is 0.103. The number of carbonyl (C=O) groups is 1. The average molecular weight is 402 g/mol. The largest absolute Gasteiger partial charge is 0.355 e. The third kappa shape index (κ3) is 3.20. The molecule has 0 radical (unpaired) electrons. The highest BCUT2D eigenvalue weighted by atomic mass is 19.3. The highest BCUT2D eigenvalue weighted by Gasteiger charge is 2.33. The van der Waals surface area contributed by atoms with Crippen molar-refractivity contribution in [1.82, 2.24) is 29.7 Å². The number of nitrogens with zero attached hydrogens (tertiary/aromatic N) is 6. The predicted octanol–water partition coefficient (Wildman–Crippen LogP) is 1.45. The Morgan fingerprint density at radius 3 is 3.03 bits per heavy atom. The van der Waals surface area contributed by atoms with Gasteiger partial charge in [0.2, 0.25) is 0 Å². The van der Waals surface area contributed by atoms with Crippen LogP contribution in [0.15, 0.2) is 24.7 Å². The molecule has 0 spiro atoms. The molecule has 3 aromatic heterocycles. The SMILES string of the molecule is Cn1cc(NC(=O)c2cnn3ccc(N4C[C@@H]5CN[C@@H](C5)C4)nc23)c(C(F)F)n1. The van der Waals surface area contributed by atoms with Crippen molar-refractivity contribution >= 4 is 23.1 Å². The molecule has 2 fully saturated rings. The van der Waals surface area contributed by atoms with Crippen molar-refractivity contribution in [3.05, 3.63) is 35.9 Å². The molecule has 11 heteroatoms. The van der Waals surface area contributed by atoms with Gasteiger partial charge >= 0.3 is 0 Å². The number of carbonyl (C=O) groups excluding carboxylic acids is 1. The molecule has 2 atom stereocenters. The van der Waals surface area contributed by atoms with Gasteiger partial charge in [0.25, 0.3) is 12.3 Å². The first-order chi connectivity index (χ1) is 14.0. The van der Waals surface area contributed by atoms with Gasteiger partial charge in [-0.05, 0) is 18.4 Å². The Morgan fingerprint density at radius 1 is 1.38 bits per heavy atom. The maximum atomic E-state index is 13.1. The van der Waals surface area contributed by atoms with Crippen molar-refractivity contribution < 1.29 is 13.6 Å². The van der Waals surface area contributed by atoms with Gasteiger partial charge < -0.3 is 15.5 Å². The van der Waals surface area contributed by atoms with E-state index < -0.39 is 18.0 Å². The third-order valence-electron chi connectivity index (χ3n) is 5.47. The molecule has 2 aliphatic heterocycles. The second-order valence-corrected chi connectivity index (χ2v) is 7.58. The maximum absolute atomic E-state index is 13.1. The molecule has 5 rings (SSSR count). The van der Waals surface area contributed by atoms with Crippen molar-refractivity contribution in [2.75, 3.05) is 29.9 Å². The van der Waals surface area contributed by atoms with Gasteiger partial charge in [0, 0.05) is 45.1 Å². The molecule has 0 aliphatic carbocycles. The molecular formula is C18H20F2N8O. The fourth-order valence-corrected chi connectivity index (χ4v) is 4.17. The number of hydrogen-bond donors (Lipinski definition) is 2. The molecule has 29 heavy (non-hydrogen) atoms. The third-order valence-corrected chi connectivity index (χ3v) is 5.47. The lowest BCUT2D eigenvalue weighted by molar-refractivity contribution is 0.102. The Morgan fingerprint density at radius 2 is 2.24 bits per heavy atom. The van der Waals surface area contributed by atoms with Gasteiger partial charge in [-0.2, -0.15) is 10.2 Å². The number of hydrogen-bond acceptors (Lipinski definition) is 6. The van der Waals surface area contributed by atoms with Crippen molar-refractivity contribution in [1.29, 1.82) is 0 Å². The number of aryl methyl sites for hydroxylation is 1. The average Bonchev–Trinajstić information content (AvgIpc) is 3.37. The highest BCUT2D eigenvalue weighted by Crippen LogP contribution is 2.28. The van der Waals surface area contributed by atoms with Gasteiger partial charge in [-0.25, -0.2) is 18.3 Å². The first-order valence-electron chi connectivity index (χ1n) is 9.43. The molecule has 9 nitrogen and oxygen atoms in total. The smallest absolute Gasteiger partial charge is 0.284 e. The number of fused-ring (bicyclic) bond motifs is 3. The normalized spacial score (nSPS) is 21.3. The summed E-state index contributed by atoms with van der Waals surface area (Å²) in [6.45, 7) is 2.79. The van der Waals surface area contributed by atoms with Crippen LogP contribution in [-0.2, 0) is 7.05 Å². The van der Waals surface area contributed by atoms with E-state index >= 15 is 0 Å². The summed E-state index contributed by atoms with van der Waals surface area (Å²) in [6.07, 6.45) is 2.88. The Hall–Kier alpha value is -3.08. The van der Waals surface area contributed by atoms with Crippen LogP contribution in [0.2, 0.25) is 0 Å². The van der Waals surface area contributed by atoms with Gasteiger partial charge in [-0.1, -0.05) is 0 Å². The van der Waals surface area contributed by atoms with E-state index in [1.54, 1.807) is 6.20 Å². The molecule has 0 saturated carbocycles. The van der Waals surface area contributed by atoms with E-state index in [0.29, 0.717) is 17.6 Å². The van der Waals surface area contributed by atoms with Crippen molar-refractivity contribution in [3.8, 4) is 0 Å². The van der Waals surface area contributed by atoms with Crippen LogP contribution in [0.1, 0.15) is 28.9 Å². The lowest BCUT2D eigenvalue weighted by Crippen LogP contribution is -2.41. The van der Waals surface area contributed by atoms with E-state index in [-0.39, 0.29) is 11.3 Å². The minimum absolute atomic E-state index is 0.0262. The molecule has 2 bridgehead atoms. The number of anilines is 2. The minimum Gasteiger partial charge on any atom is -0.355 e. The Kier molecular flexibility index (Phi) is 4.19. The molecule has 0 aromatic carbocycles. The summed E-state index contributed by atoms with van der Waals surface area (Å²) in [4.78, 5) is 19.6. The number of amides is 1. The molecule has 0 unspecified atom stereocenters. The molecule has 152 valence electrons. The van der Waals surface area contributed by atoms with E-state index in [1.807, 2.05) is 6.07 Å². The fourth-order valence-electron chi connectivity index (χ4n) is 4.17. The number of aromatic nitrogens is 5. The summed E-state index contributed by atoms with van der Waals surface area (Å²) < 4.78 is 29.0. The zero-order valence-corrected chi connectivity index (χ0v) is 15.7. The number of halogens is 2. The predicted molar refractivity (Wildman–Crippen MR) is 101 cm³/mol. The van der Waals surface area contributed by atoms with Gasteiger partial charge in [-0.3, -0.25) is 9.48 Å². The molecule has 5 heterocycles. The second-order valence-electron chi connectivity index (χ2n) is 7.58. The molecule has 2 aliphatic rings. The zero-order valence-electron chi connectivity index (χ0n) is 15.7. The number of nitrogens with one attached hydrogen (secondary N) is 2. The molecule has 2 saturated heterocycles. The molecule has 3 aromatic rings. The van der Waals surface area contributed by atoms with Gasteiger partial charge in [-0.15, -0.1) is 0 Å². The van der Waals surface area contributed by atoms with Gasteiger partial charge in [0.05, 0.1) is 11.9 Å². The Balaban J connectivity index is 1.44. The van der Waals surface area contributed by atoms with E-state index in [4.69, 9.17) is 0 Å². The van der Waals surface area contributed by atoms with Crippen molar-refractivity contribution in [2.24, 2.45) is 13.0 Å². The lowest BCUT2D eigenvalue weighted by atomic mass is 10.0. The quantitative estimate of drug-likeness (QED) is 0.686. The second kappa shape index (κ2) is 6.76. The topological polar surface area (TPSA) is 92.4 Å². The van der Waals surface area contributed by atoms with E-state index in [0.717, 1.165) is 25.5 Å². The minimum atomic E-state index is -2.79. The lowest BCUT2D eigenvalue weighted by Gasteiger charge is -2.32. The van der Waals surface area contributed by atoms with Crippen LogP contribution in [0.4, 0.5) is 20.3 Å². The summed E-state index contributed by atoms with van der Waals surface area (Å²) in [7, 11) is 1.52. The van der Waals surface area contributed by atoms with E-state index in [1.165, 1.54) is 35.1 Å². The summed E-state index contributed by atoms with van der Waals surface area (Å²) >= 11 is 0. The highest BCUT2D eigenvalue weighted by molar-refractivity contribution is 6.08. The van der Waals surface area contributed by atoms with Crippen LogP contribution >= 0.6 is 0 Å². The number of rotatable bonds is 4. The van der Waals surface area contributed by atoms with Crippen LogP contribution in [-0.4, -0.2) is 56.0 Å². The molecular weight excluding hydrogens is 382 g/mol. The van der Waals surface area contributed by atoms with Crippen molar-refractivity contribution in [2.45, 2.75) is 18.9 Å². The first-order valence-corrected chi connectivity index (χ1v) is 9.43. The Bertz CT molecular complexity index is 1070. The summed E-state index contributed by atoms with van der Waals surface area (Å²) in [5, 5.41) is 13.9. The van der Waals surface area contributed by atoms with E-state index in [2.05, 4.69) is 30.7 Å². The van der Waals surface area contributed by atoms with Gasteiger partial charge in [0.1, 0.15) is 11.4 Å². The monoisotopic (exact) mass is 402 g/mol. The first kappa shape index (κ1) is 18.0. The van der Waals surface area contributed by atoms with E-state index in [9.17, 15) is 13.6 Å². The maximum Gasteiger partial charge on any atom is 0.284 e. The standard InChI is InChI=1S/C18H20F2N8O/c1-26-9-13(15(25-26)16(19)20)23-18(29)12-6-22-28-3-2-14(24-17(12)28)27-7-10-4-11(8-27)21-5-10/h2-3,6,9-11,16,21H,4-5,7-8H2,1H3,(H,23,29)/t10-,11-/m0/s1. The van der Waals surface area contributed by atoms with Crippen LogP contribution in [0, 0.1) is 5.92 Å². The number of alkyl halides is 2. The van der Waals surface area contributed by atoms with Crippen LogP contribution < -0.4 is 15.5 Å². The number of piperidine rings is 1.